The second-order valence-electron chi connectivity index (χ2n) is 3.43. The molecule has 1 nitrogen and oxygen atoms in total. The standard InChI is InChI=1S/C10H16O/c1-3-5-9-6-4-7-10(9)8(2)11/h3,9-10H,1,4-7H2,2H3/t9-,10?/m1/s1. The van der Waals surface area contributed by atoms with E-state index in [1.807, 2.05) is 6.08 Å². The van der Waals surface area contributed by atoms with E-state index in [0.29, 0.717) is 17.6 Å². The molecule has 1 aliphatic rings. The Balaban J connectivity index is 2.50. The topological polar surface area (TPSA) is 17.1 Å². The third-order valence-electron chi connectivity index (χ3n) is 2.65. The molecule has 1 unspecified atom stereocenters. The Bertz CT molecular complexity index is 160. The van der Waals surface area contributed by atoms with Crippen molar-refractivity contribution in [2.24, 2.45) is 11.8 Å². The number of hydrogen-bond acceptors (Lipinski definition) is 1. The molecule has 1 heteroatoms. The number of carbonyl (C=O) groups excluding carboxylic acids is 1. The van der Waals surface area contributed by atoms with Crippen molar-refractivity contribution >= 4 is 5.78 Å². The van der Waals surface area contributed by atoms with Crippen LogP contribution in [-0.4, -0.2) is 5.78 Å². The molecule has 1 fully saturated rings. The third-order valence-corrected chi connectivity index (χ3v) is 2.65. The van der Waals surface area contributed by atoms with Crippen molar-refractivity contribution in [1.82, 2.24) is 0 Å². The maximum Gasteiger partial charge on any atom is 0.133 e. The Morgan fingerprint density at radius 1 is 1.64 bits per heavy atom. The fraction of sp³-hybridized carbons (Fsp3) is 0.700. The van der Waals surface area contributed by atoms with Crippen LogP contribution in [0.2, 0.25) is 0 Å². The molecule has 1 aliphatic carbocycles. The second-order valence-corrected chi connectivity index (χ2v) is 3.43. The summed E-state index contributed by atoms with van der Waals surface area (Å²) in [6.45, 7) is 5.42. The van der Waals surface area contributed by atoms with Crippen LogP contribution < -0.4 is 0 Å². The predicted octanol–water partition coefficient (Wildman–Crippen LogP) is 2.57. The molecule has 0 heterocycles. The van der Waals surface area contributed by atoms with Gasteiger partial charge in [-0.1, -0.05) is 12.5 Å². The van der Waals surface area contributed by atoms with Gasteiger partial charge in [0.2, 0.25) is 0 Å². The molecule has 0 radical (unpaired) electrons. The lowest BCUT2D eigenvalue weighted by atomic mass is 9.90. The molecule has 11 heavy (non-hydrogen) atoms. The van der Waals surface area contributed by atoms with Gasteiger partial charge in [-0.25, -0.2) is 0 Å². The summed E-state index contributed by atoms with van der Waals surface area (Å²) in [6, 6.07) is 0. The van der Waals surface area contributed by atoms with Gasteiger partial charge in [-0.2, -0.15) is 0 Å². The van der Waals surface area contributed by atoms with Crippen molar-refractivity contribution in [3.8, 4) is 0 Å². The van der Waals surface area contributed by atoms with E-state index >= 15 is 0 Å². The van der Waals surface area contributed by atoms with Crippen LogP contribution in [0.15, 0.2) is 12.7 Å². The lowest BCUT2D eigenvalue weighted by Crippen LogP contribution is -2.15. The van der Waals surface area contributed by atoms with Crippen LogP contribution in [0.25, 0.3) is 0 Å². The zero-order valence-electron chi connectivity index (χ0n) is 7.18. The summed E-state index contributed by atoms with van der Waals surface area (Å²) in [5, 5.41) is 0. The molecule has 0 saturated heterocycles. The van der Waals surface area contributed by atoms with E-state index < -0.39 is 0 Å². The van der Waals surface area contributed by atoms with Gasteiger partial charge < -0.3 is 0 Å². The van der Waals surface area contributed by atoms with E-state index in [2.05, 4.69) is 6.58 Å². The first-order valence-electron chi connectivity index (χ1n) is 4.37. The second kappa shape index (κ2) is 3.70. The monoisotopic (exact) mass is 152 g/mol. The minimum Gasteiger partial charge on any atom is -0.300 e. The van der Waals surface area contributed by atoms with E-state index in [4.69, 9.17) is 0 Å². The summed E-state index contributed by atoms with van der Waals surface area (Å²) in [6.07, 6.45) is 6.50. The zero-order valence-corrected chi connectivity index (χ0v) is 7.18. The molecule has 0 N–H and O–H groups in total. The van der Waals surface area contributed by atoms with Gasteiger partial charge in [-0.15, -0.1) is 6.58 Å². The number of Topliss-reactive ketones (excluding diaryl/α,β-unsaturated/α-hetero) is 1. The summed E-state index contributed by atoms with van der Waals surface area (Å²) < 4.78 is 0. The average Bonchev–Trinajstić information content (AvgIpc) is 2.36. The summed E-state index contributed by atoms with van der Waals surface area (Å²) in [5.74, 6) is 1.31. The molecule has 0 aromatic heterocycles. The Hall–Kier alpha value is -0.590. The fourth-order valence-corrected chi connectivity index (χ4v) is 2.07. The highest BCUT2D eigenvalue weighted by atomic mass is 16.1. The molecule has 0 aromatic rings. The number of ketones is 1. The van der Waals surface area contributed by atoms with Crippen molar-refractivity contribution in [2.45, 2.75) is 32.6 Å². The quantitative estimate of drug-likeness (QED) is 0.568. The zero-order chi connectivity index (χ0) is 8.27. The van der Waals surface area contributed by atoms with E-state index in [1.165, 1.54) is 12.8 Å². The van der Waals surface area contributed by atoms with E-state index in [-0.39, 0.29) is 0 Å². The highest BCUT2D eigenvalue weighted by molar-refractivity contribution is 5.78. The first-order valence-corrected chi connectivity index (χ1v) is 4.37. The van der Waals surface area contributed by atoms with Gasteiger partial charge in [0.15, 0.2) is 0 Å². The van der Waals surface area contributed by atoms with Crippen LogP contribution in [0.1, 0.15) is 32.6 Å². The lowest BCUT2D eigenvalue weighted by molar-refractivity contribution is -0.121. The van der Waals surface area contributed by atoms with Gasteiger partial charge in [-0.05, 0) is 32.1 Å². The van der Waals surface area contributed by atoms with Gasteiger partial charge in [0, 0.05) is 5.92 Å². The molecule has 1 rings (SSSR count). The molecule has 0 spiro atoms. The van der Waals surface area contributed by atoms with Gasteiger partial charge in [0.1, 0.15) is 5.78 Å². The maximum atomic E-state index is 11.1. The van der Waals surface area contributed by atoms with E-state index in [0.717, 1.165) is 12.8 Å². The number of allylic oxidation sites excluding steroid dienone is 1. The maximum absolute atomic E-state index is 11.1. The van der Waals surface area contributed by atoms with Crippen LogP contribution >= 0.6 is 0 Å². The van der Waals surface area contributed by atoms with Crippen LogP contribution in [0, 0.1) is 11.8 Å². The van der Waals surface area contributed by atoms with Gasteiger partial charge in [0.25, 0.3) is 0 Å². The van der Waals surface area contributed by atoms with Gasteiger partial charge in [0.05, 0.1) is 0 Å². The van der Waals surface area contributed by atoms with E-state index in [9.17, 15) is 4.79 Å². The first kappa shape index (κ1) is 8.51. The molecular weight excluding hydrogens is 136 g/mol. The SMILES string of the molecule is C=CC[C@@H]1CCCC1C(C)=O. The average molecular weight is 152 g/mol. The normalized spacial score (nSPS) is 30.3. The molecule has 0 aliphatic heterocycles. The predicted molar refractivity (Wildman–Crippen MR) is 46.3 cm³/mol. The fourth-order valence-electron chi connectivity index (χ4n) is 2.07. The van der Waals surface area contributed by atoms with Crippen LogP contribution in [0.4, 0.5) is 0 Å². The highest BCUT2D eigenvalue weighted by Crippen LogP contribution is 2.34. The number of carbonyl (C=O) groups is 1. The molecule has 0 amide bonds. The van der Waals surface area contributed by atoms with Crippen LogP contribution in [-0.2, 0) is 4.79 Å². The summed E-state index contributed by atoms with van der Waals surface area (Å²) in [5.41, 5.74) is 0. The molecule has 62 valence electrons. The van der Waals surface area contributed by atoms with Crippen molar-refractivity contribution < 1.29 is 4.79 Å². The van der Waals surface area contributed by atoms with Crippen LogP contribution in [0.5, 0.6) is 0 Å². The number of rotatable bonds is 3. The van der Waals surface area contributed by atoms with Crippen LogP contribution in [0.3, 0.4) is 0 Å². The summed E-state index contributed by atoms with van der Waals surface area (Å²) >= 11 is 0. The van der Waals surface area contributed by atoms with Crippen molar-refractivity contribution in [3.05, 3.63) is 12.7 Å². The minimum atomic E-state index is 0.341. The summed E-state index contributed by atoms with van der Waals surface area (Å²) in [7, 11) is 0. The highest BCUT2D eigenvalue weighted by Gasteiger charge is 2.29. The van der Waals surface area contributed by atoms with E-state index in [1.54, 1.807) is 6.92 Å². The third kappa shape index (κ3) is 1.92. The summed E-state index contributed by atoms with van der Waals surface area (Å²) in [4.78, 5) is 11.1. The Morgan fingerprint density at radius 3 is 2.91 bits per heavy atom. The van der Waals surface area contributed by atoms with Crippen molar-refractivity contribution in [1.29, 1.82) is 0 Å². The number of hydrogen-bond donors (Lipinski definition) is 0. The Labute approximate surface area is 68.5 Å². The lowest BCUT2D eigenvalue weighted by Gasteiger charge is -2.13. The molecule has 0 aromatic carbocycles. The molecular formula is C10H16O. The Kier molecular flexibility index (Phi) is 2.86. The minimum absolute atomic E-state index is 0.341. The van der Waals surface area contributed by atoms with Crippen molar-refractivity contribution in [3.63, 3.8) is 0 Å². The van der Waals surface area contributed by atoms with Crippen molar-refractivity contribution in [2.75, 3.05) is 0 Å². The largest absolute Gasteiger partial charge is 0.300 e. The first-order chi connectivity index (χ1) is 5.25. The Morgan fingerprint density at radius 2 is 2.36 bits per heavy atom. The molecule has 2 atom stereocenters. The van der Waals surface area contributed by atoms with Gasteiger partial charge in [-0.3, -0.25) is 4.79 Å². The smallest absolute Gasteiger partial charge is 0.133 e. The molecule has 1 saturated carbocycles. The van der Waals surface area contributed by atoms with Gasteiger partial charge >= 0.3 is 0 Å². The molecule has 0 bridgehead atoms.